The van der Waals surface area contributed by atoms with Crippen LogP contribution in [0.1, 0.15) is 20.8 Å². The molecular weight excluding hydrogens is 196 g/mol. The molecule has 0 saturated heterocycles. The average Bonchev–Trinajstić information content (AvgIpc) is 1.98. The van der Waals surface area contributed by atoms with Gasteiger partial charge in [0.25, 0.3) is 5.91 Å². The summed E-state index contributed by atoms with van der Waals surface area (Å²) in [5.41, 5.74) is 1.09. The van der Waals surface area contributed by atoms with Crippen LogP contribution in [-0.4, -0.2) is 22.9 Å². The van der Waals surface area contributed by atoms with Crippen LogP contribution in [0.15, 0.2) is 0 Å². The van der Waals surface area contributed by atoms with Crippen LogP contribution in [0.25, 0.3) is 0 Å². The highest BCUT2D eigenvalue weighted by molar-refractivity contribution is 6.40. The van der Waals surface area contributed by atoms with Gasteiger partial charge in [0, 0.05) is 0 Å². The van der Waals surface area contributed by atoms with E-state index in [2.05, 4.69) is 0 Å². The summed E-state index contributed by atoms with van der Waals surface area (Å²) in [5.74, 6) is 3.19. The van der Waals surface area contributed by atoms with Gasteiger partial charge in [-0.05, 0) is 20.8 Å². The Morgan fingerprint density at radius 3 is 2.23 bits per heavy atom. The van der Waals surface area contributed by atoms with Crippen LogP contribution >= 0.6 is 11.6 Å². The molecule has 5 nitrogen and oxygen atoms in total. The minimum atomic E-state index is -1.40. The molecule has 0 heterocycles. The highest BCUT2D eigenvalue weighted by Gasteiger charge is 2.28. The number of nitrogens with one attached hydrogen (secondary N) is 1. The zero-order chi connectivity index (χ0) is 10.6. The Kier molecular flexibility index (Phi) is 4.16. The Hall–Kier alpha value is -0.810. The highest BCUT2D eigenvalue weighted by atomic mass is 35.5. The standard InChI is InChI=1S/C7H13ClN2O3/c1-7(2,3)13-6(12)4(8)5(11)10-9/h4H,9H2,1-3H3,(H,10,11). The summed E-state index contributed by atoms with van der Waals surface area (Å²) in [7, 11) is 0. The number of hydrogen-bond acceptors (Lipinski definition) is 4. The molecule has 0 aliphatic carbocycles. The monoisotopic (exact) mass is 208 g/mol. The van der Waals surface area contributed by atoms with E-state index in [0.29, 0.717) is 0 Å². The summed E-state index contributed by atoms with van der Waals surface area (Å²) in [6, 6.07) is 0. The molecule has 1 amide bonds. The quantitative estimate of drug-likeness (QED) is 0.166. The fourth-order valence-corrected chi connectivity index (χ4v) is 0.641. The van der Waals surface area contributed by atoms with E-state index in [0.717, 1.165) is 0 Å². The Bertz CT molecular complexity index is 212. The Morgan fingerprint density at radius 1 is 1.46 bits per heavy atom. The molecule has 0 rings (SSSR count). The highest BCUT2D eigenvalue weighted by Crippen LogP contribution is 2.10. The maximum Gasteiger partial charge on any atom is 0.334 e. The van der Waals surface area contributed by atoms with Crippen molar-refractivity contribution in [2.75, 3.05) is 0 Å². The second-order valence-electron chi connectivity index (χ2n) is 3.40. The first-order chi connectivity index (χ1) is 5.78. The largest absolute Gasteiger partial charge is 0.458 e. The third-order valence-electron chi connectivity index (χ3n) is 0.986. The van der Waals surface area contributed by atoms with Crippen molar-refractivity contribution >= 4 is 23.5 Å². The maximum atomic E-state index is 11.1. The topological polar surface area (TPSA) is 81.4 Å². The normalized spacial score (nSPS) is 13.3. The van der Waals surface area contributed by atoms with E-state index in [4.69, 9.17) is 22.2 Å². The lowest BCUT2D eigenvalue weighted by Crippen LogP contribution is -2.42. The van der Waals surface area contributed by atoms with E-state index in [1.807, 2.05) is 0 Å². The molecule has 1 unspecified atom stereocenters. The first-order valence-corrected chi connectivity index (χ1v) is 4.09. The second kappa shape index (κ2) is 4.43. The minimum Gasteiger partial charge on any atom is -0.458 e. The Labute approximate surface area is 81.5 Å². The second-order valence-corrected chi connectivity index (χ2v) is 3.84. The number of rotatable bonds is 2. The number of hydrogen-bond donors (Lipinski definition) is 2. The third-order valence-corrected chi connectivity index (χ3v) is 1.36. The van der Waals surface area contributed by atoms with Gasteiger partial charge in [0.2, 0.25) is 5.38 Å². The van der Waals surface area contributed by atoms with E-state index >= 15 is 0 Å². The molecule has 13 heavy (non-hydrogen) atoms. The maximum absolute atomic E-state index is 11.1. The predicted octanol–water partition coefficient (Wildman–Crippen LogP) is -0.0746. The molecular formula is C7H13ClN2O3. The van der Waals surface area contributed by atoms with Gasteiger partial charge < -0.3 is 4.74 Å². The van der Waals surface area contributed by atoms with Crippen molar-refractivity contribution in [2.45, 2.75) is 31.7 Å². The number of alkyl halides is 1. The van der Waals surface area contributed by atoms with Crippen molar-refractivity contribution in [3.63, 3.8) is 0 Å². The summed E-state index contributed by atoms with van der Waals surface area (Å²) in [6.07, 6.45) is 0. The summed E-state index contributed by atoms with van der Waals surface area (Å²) >= 11 is 5.42. The lowest BCUT2D eigenvalue weighted by Gasteiger charge is -2.20. The smallest absolute Gasteiger partial charge is 0.334 e. The first kappa shape index (κ1) is 12.2. The van der Waals surface area contributed by atoms with Gasteiger partial charge in [0.05, 0.1) is 0 Å². The molecule has 0 aromatic carbocycles. The molecule has 0 aromatic heterocycles. The van der Waals surface area contributed by atoms with Crippen molar-refractivity contribution in [3.8, 4) is 0 Å². The lowest BCUT2D eigenvalue weighted by atomic mass is 10.2. The average molecular weight is 209 g/mol. The number of amides is 1. The fraction of sp³-hybridized carbons (Fsp3) is 0.714. The number of hydrazine groups is 1. The lowest BCUT2D eigenvalue weighted by molar-refractivity contribution is -0.155. The van der Waals surface area contributed by atoms with Gasteiger partial charge >= 0.3 is 5.97 Å². The van der Waals surface area contributed by atoms with E-state index in [1.165, 1.54) is 0 Å². The van der Waals surface area contributed by atoms with E-state index in [1.54, 1.807) is 26.2 Å². The third kappa shape index (κ3) is 4.69. The zero-order valence-corrected chi connectivity index (χ0v) is 8.51. The van der Waals surface area contributed by atoms with Gasteiger partial charge in [0.1, 0.15) is 5.60 Å². The fourth-order valence-electron chi connectivity index (χ4n) is 0.534. The number of esters is 1. The van der Waals surface area contributed by atoms with Gasteiger partial charge in [-0.2, -0.15) is 0 Å². The van der Waals surface area contributed by atoms with Crippen LogP contribution in [0, 0.1) is 0 Å². The summed E-state index contributed by atoms with van der Waals surface area (Å²) in [4.78, 5) is 21.9. The molecule has 6 heteroatoms. The van der Waals surface area contributed by atoms with Gasteiger partial charge in [-0.1, -0.05) is 11.6 Å². The molecule has 0 aliphatic heterocycles. The summed E-state index contributed by atoms with van der Waals surface area (Å²) in [5, 5.41) is -1.40. The van der Waals surface area contributed by atoms with Crippen LogP contribution < -0.4 is 11.3 Å². The van der Waals surface area contributed by atoms with Crippen LogP contribution in [0.2, 0.25) is 0 Å². The minimum absolute atomic E-state index is 0.668. The molecule has 1 atom stereocenters. The van der Waals surface area contributed by atoms with Crippen LogP contribution in [0.5, 0.6) is 0 Å². The predicted molar refractivity (Wildman–Crippen MR) is 47.8 cm³/mol. The van der Waals surface area contributed by atoms with E-state index < -0.39 is 22.9 Å². The first-order valence-electron chi connectivity index (χ1n) is 3.65. The van der Waals surface area contributed by atoms with Crippen LogP contribution in [-0.2, 0) is 14.3 Å². The molecule has 3 N–H and O–H groups in total. The van der Waals surface area contributed by atoms with E-state index in [-0.39, 0.29) is 0 Å². The number of carbonyl (C=O) groups excluding carboxylic acids is 2. The van der Waals surface area contributed by atoms with Gasteiger partial charge in [-0.25, -0.2) is 10.6 Å². The number of halogens is 1. The summed E-state index contributed by atoms with van der Waals surface area (Å²) in [6.45, 7) is 5.03. The van der Waals surface area contributed by atoms with Crippen molar-refractivity contribution in [1.29, 1.82) is 0 Å². The Balaban J connectivity index is 4.20. The van der Waals surface area contributed by atoms with Crippen molar-refractivity contribution in [2.24, 2.45) is 5.84 Å². The molecule has 0 fully saturated rings. The molecule has 0 saturated carbocycles. The SMILES string of the molecule is CC(C)(C)OC(=O)C(Cl)C(=O)NN. The van der Waals surface area contributed by atoms with Gasteiger partial charge in [-0.15, -0.1) is 0 Å². The number of carbonyl (C=O) groups is 2. The molecule has 0 aliphatic rings. The van der Waals surface area contributed by atoms with Crippen molar-refractivity contribution in [1.82, 2.24) is 5.43 Å². The molecule has 0 spiro atoms. The van der Waals surface area contributed by atoms with Crippen LogP contribution in [0.4, 0.5) is 0 Å². The number of nitrogens with two attached hydrogens (primary N) is 1. The van der Waals surface area contributed by atoms with Gasteiger partial charge in [-0.3, -0.25) is 10.2 Å². The molecule has 0 radical (unpaired) electrons. The van der Waals surface area contributed by atoms with E-state index in [9.17, 15) is 9.59 Å². The number of ether oxygens (including phenoxy) is 1. The van der Waals surface area contributed by atoms with Crippen LogP contribution in [0.3, 0.4) is 0 Å². The Morgan fingerprint density at radius 2 is 1.92 bits per heavy atom. The van der Waals surface area contributed by atoms with Crippen molar-refractivity contribution < 1.29 is 14.3 Å². The molecule has 0 bridgehead atoms. The van der Waals surface area contributed by atoms with Crippen molar-refractivity contribution in [3.05, 3.63) is 0 Å². The molecule has 0 aromatic rings. The summed E-state index contributed by atoms with van der Waals surface area (Å²) < 4.78 is 4.84. The zero-order valence-electron chi connectivity index (χ0n) is 7.76. The molecule has 76 valence electrons. The van der Waals surface area contributed by atoms with Gasteiger partial charge in [0.15, 0.2) is 0 Å².